The predicted octanol–water partition coefficient (Wildman–Crippen LogP) is 2.30. The van der Waals surface area contributed by atoms with E-state index in [1.807, 2.05) is 19.1 Å². The Labute approximate surface area is 113 Å². The molecule has 0 aromatic heterocycles. The second-order valence-corrected chi connectivity index (χ2v) is 5.42. The van der Waals surface area contributed by atoms with Crippen molar-refractivity contribution in [2.45, 2.75) is 31.2 Å². The number of ether oxygens (including phenoxy) is 1. The van der Waals surface area contributed by atoms with E-state index in [2.05, 4.69) is 12.6 Å². The standard InChI is InChI=1S/C13H18N2O2S/c1-9-6-12(18)7-15(9)13(16)17-8-10-2-4-11(14)5-3-10/h2-5,9,12,18H,6-8,14H2,1H3/t9-,12+/m1/s1. The van der Waals surface area contributed by atoms with Crippen LogP contribution in [0.25, 0.3) is 0 Å². The van der Waals surface area contributed by atoms with E-state index in [1.54, 1.807) is 17.0 Å². The number of amides is 1. The number of carbonyl (C=O) groups excluding carboxylic acids is 1. The highest BCUT2D eigenvalue weighted by Crippen LogP contribution is 2.22. The van der Waals surface area contributed by atoms with Gasteiger partial charge in [-0.3, -0.25) is 0 Å². The number of nitrogens with two attached hydrogens (primary N) is 1. The summed E-state index contributed by atoms with van der Waals surface area (Å²) in [6.07, 6.45) is 0.649. The number of rotatable bonds is 2. The van der Waals surface area contributed by atoms with Crippen LogP contribution in [0.1, 0.15) is 18.9 Å². The lowest BCUT2D eigenvalue weighted by atomic mass is 10.2. The third kappa shape index (κ3) is 3.10. The molecule has 0 unspecified atom stereocenters. The van der Waals surface area contributed by atoms with Crippen molar-refractivity contribution >= 4 is 24.4 Å². The zero-order valence-corrected chi connectivity index (χ0v) is 11.3. The summed E-state index contributed by atoms with van der Waals surface area (Å²) in [6, 6.07) is 7.51. The quantitative estimate of drug-likeness (QED) is 0.638. The van der Waals surface area contributed by atoms with E-state index < -0.39 is 0 Å². The molecular formula is C13H18N2O2S. The van der Waals surface area contributed by atoms with Gasteiger partial charge in [-0.2, -0.15) is 12.6 Å². The normalized spacial score (nSPS) is 23.1. The molecule has 1 aliphatic heterocycles. The van der Waals surface area contributed by atoms with Gasteiger partial charge in [0, 0.05) is 23.5 Å². The van der Waals surface area contributed by atoms with E-state index in [9.17, 15) is 4.79 Å². The lowest BCUT2D eigenvalue weighted by Crippen LogP contribution is -2.34. The van der Waals surface area contributed by atoms with Crippen LogP contribution in [0.2, 0.25) is 0 Å². The number of nitrogens with zero attached hydrogens (tertiary/aromatic N) is 1. The van der Waals surface area contributed by atoms with E-state index in [-0.39, 0.29) is 24.0 Å². The summed E-state index contributed by atoms with van der Waals surface area (Å²) in [5, 5.41) is 0.254. The molecule has 1 aromatic carbocycles. The minimum Gasteiger partial charge on any atom is -0.445 e. The smallest absolute Gasteiger partial charge is 0.410 e. The van der Waals surface area contributed by atoms with Gasteiger partial charge >= 0.3 is 6.09 Å². The van der Waals surface area contributed by atoms with Crippen LogP contribution < -0.4 is 5.73 Å². The summed E-state index contributed by atoms with van der Waals surface area (Å²) in [4.78, 5) is 13.6. The zero-order chi connectivity index (χ0) is 13.1. The number of benzene rings is 1. The molecule has 1 saturated heterocycles. The van der Waals surface area contributed by atoms with Crippen molar-refractivity contribution in [2.75, 3.05) is 12.3 Å². The molecule has 98 valence electrons. The van der Waals surface area contributed by atoms with Crippen LogP contribution in [0.5, 0.6) is 0 Å². The molecule has 2 atom stereocenters. The number of likely N-dealkylation sites (tertiary alicyclic amines) is 1. The second-order valence-electron chi connectivity index (χ2n) is 4.69. The average Bonchev–Trinajstić information content (AvgIpc) is 2.67. The minimum absolute atomic E-state index is 0.200. The maximum atomic E-state index is 11.9. The molecule has 0 radical (unpaired) electrons. The van der Waals surface area contributed by atoms with Crippen LogP contribution in [0.3, 0.4) is 0 Å². The van der Waals surface area contributed by atoms with Gasteiger partial charge in [0.2, 0.25) is 0 Å². The molecule has 1 aromatic rings. The largest absolute Gasteiger partial charge is 0.445 e. The number of anilines is 1. The summed E-state index contributed by atoms with van der Waals surface area (Å²) in [7, 11) is 0. The molecule has 0 saturated carbocycles. The highest BCUT2D eigenvalue weighted by molar-refractivity contribution is 7.81. The van der Waals surface area contributed by atoms with Gasteiger partial charge in [-0.15, -0.1) is 0 Å². The summed E-state index contributed by atoms with van der Waals surface area (Å²) in [5.74, 6) is 0. The molecule has 2 N–H and O–H groups in total. The maximum absolute atomic E-state index is 11.9. The highest BCUT2D eigenvalue weighted by atomic mass is 32.1. The molecular weight excluding hydrogens is 248 g/mol. The Kier molecular flexibility index (Phi) is 4.01. The molecule has 1 heterocycles. The fraction of sp³-hybridized carbons (Fsp3) is 0.462. The van der Waals surface area contributed by atoms with Crippen molar-refractivity contribution in [3.8, 4) is 0 Å². The Morgan fingerprint density at radius 2 is 2.17 bits per heavy atom. The molecule has 4 nitrogen and oxygen atoms in total. The molecule has 0 aliphatic carbocycles. The molecule has 0 bridgehead atoms. The Bertz CT molecular complexity index is 422. The third-order valence-electron chi connectivity index (χ3n) is 3.13. The van der Waals surface area contributed by atoms with Crippen LogP contribution in [0.4, 0.5) is 10.5 Å². The first-order chi connectivity index (χ1) is 8.56. The van der Waals surface area contributed by atoms with Crippen molar-refractivity contribution in [3.63, 3.8) is 0 Å². The zero-order valence-electron chi connectivity index (χ0n) is 10.4. The van der Waals surface area contributed by atoms with E-state index in [4.69, 9.17) is 10.5 Å². The summed E-state index contributed by atoms with van der Waals surface area (Å²) < 4.78 is 5.28. The lowest BCUT2D eigenvalue weighted by Gasteiger charge is -2.20. The Morgan fingerprint density at radius 3 is 2.72 bits per heavy atom. The first kappa shape index (κ1) is 13.1. The highest BCUT2D eigenvalue weighted by Gasteiger charge is 2.31. The molecule has 1 amide bonds. The van der Waals surface area contributed by atoms with E-state index in [0.29, 0.717) is 12.2 Å². The Hall–Kier alpha value is -1.36. The van der Waals surface area contributed by atoms with Crippen LogP contribution in [0, 0.1) is 0 Å². The van der Waals surface area contributed by atoms with Crippen molar-refractivity contribution < 1.29 is 9.53 Å². The fourth-order valence-corrected chi connectivity index (χ4v) is 2.58. The first-order valence-electron chi connectivity index (χ1n) is 6.02. The summed E-state index contributed by atoms with van der Waals surface area (Å²) in [5.41, 5.74) is 7.23. The summed E-state index contributed by atoms with van der Waals surface area (Å²) in [6.45, 7) is 2.95. The van der Waals surface area contributed by atoms with E-state index >= 15 is 0 Å². The SMILES string of the molecule is C[C@@H]1C[C@H](S)CN1C(=O)OCc1ccc(N)cc1. The van der Waals surface area contributed by atoms with Crippen molar-refractivity contribution in [1.82, 2.24) is 4.90 Å². The fourth-order valence-electron chi connectivity index (χ4n) is 2.10. The van der Waals surface area contributed by atoms with Gasteiger partial charge in [0.15, 0.2) is 0 Å². The predicted molar refractivity (Wildman–Crippen MR) is 74.6 cm³/mol. The molecule has 5 heteroatoms. The molecule has 0 spiro atoms. The van der Waals surface area contributed by atoms with Gasteiger partial charge in [-0.05, 0) is 31.0 Å². The van der Waals surface area contributed by atoms with Crippen LogP contribution in [-0.4, -0.2) is 28.8 Å². The van der Waals surface area contributed by atoms with Gasteiger partial charge < -0.3 is 15.4 Å². The number of nitrogen functional groups attached to an aromatic ring is 1. The van der Waals surface area contributed by atoms with E-state index in [0.717, 1.165) is 12.0 Å². The molecule has 18 heavy (non-hydrogen) atoms. The number of carbonyl (C=O) groups is 1. The van der Waals surface area contributed by atoms with Crippen molar-refractivity contribution in [1.29, 1.82) is 0 Å². The third-order valence-corrected chi connectivity index (χ3v) is 3.50. The number of thiol groups is 1. The van der Waals surface area contributed by atoms with E-state index in [1.165, 1.54) is 0 Å². The van der Waals surface area contributed by atoms with Gasteiger partial charge in [-0.1, -0.05) is 12.1 Å². The van der Waals surface area contributed by atoms with Crippen molar-refractivity contribution in [3.05, 3.63) is 29.8 Å². The number of hydrogen-bond acceptors (Lipinski definition) is 4. The summed E-state index contributed by atoms with van der Waals surface area (Å²) >= 11 is 4.39. The van der Waals surface area contributed by atoms with Gasteiger partial charge in [-0.25, -0.2) is 4.79 Å². The Balaban J connectivity index is 1.86. The molecule has 1 aliphatic rings. The lowest BCUT2D eigenvalue weighted by molar-refractivity contribution is 0.0945. The van der Waals surface area contributed by atoms with Crippen LogP contribution >= 0.6 is 12.6 Å². The minimum atomic E-state index is -0.268. The second kappa shape index (κ2) is 5.52. The van der Waals surface area contributed by atoms with Gasteiger partial charge in [0.1, 0.15) is 6.61 Å². The van der Waals surface area contributed by atoms with Gasteiger partial charge in [0.25, 0.3) is 0 Å². The average molecular weight is 266 g/mol. The topological polar surface area (TPSA) is 55.6 Å². The first-order valence-corrected chi connectivity index (χ1v) is 6.54. The number of hydrogen-bond donors (Lipinski definition) is 2. The molecule has 1 fully saturated rings. The molecule has 2 rings (SSSR count). The van der Waals surface area contributed by atoms with Crippen LogP contribution in [0.15, 0.2) is 24.3 Å². The van der Waals surface area contributed by atoms with Gasteiger partial charge in [0.05, 0.1) is 0 Å². The van der Waals surface area contributed by atoms with Crippen molar-refractivity contribution in [2.24, 2.45) is 0 Å². The van der Waals surface area contributed by atoms with Crippen LogP contribution in [-0.2, 0) is 11.3 Å². The Morgan fingerprint density at radius 1 is 1.50 bits per heavy atom. The maximum Gasteiger partial charge on any atom is 0.410 e. The monoisotopic (exact) mass is 266 g/mol.